The van der Waals surface area contributed by atoms with Crippen LogP contribution < -0.4 is 15.9 Å². The van der Waals surface area contributed by atoms with Gasteiger partial charge < -0.3 is 9.47 Å². The second-order valence-electron chi connectivity index (χ2n) is 7.84. The van der Waals surface area contributed by atoms with Crippen molar-refractivity contribution in [2.24, 2.45) is 0 Å². The molecule has 4 rings (SSSR count). The zero-order valence-corrected chi connectivity index (χ0v) is 20.1. The molecule has 0 aromatic heterocycles. The summed E-state index contributed by atoms with van der Waals surface area (Å²) in [5, 5.41) is 3.01. The number of benzene rings is 4. The Kier molecular flexibility index (Phi) is 7.20. The normalized spacial score (nSPS) is 11.0. The summed E-state index contributed by atoms with van der Waals surface area (Å²) >= 11 is 0. The predicted molar refractivity (Wildman–Crippen MR) is 138 cm³/mol. The van der Waals surface area contributed by atoms with Crippen LogP contribution in [0.4, 0.5) is 0 Å². The molecule has 0 saturated carbocycles. The molecule has 0 saturated heterocycles. The molecule has 0 bridgehead atoms. The molecule has 0 aliphatic rings. The van der Waals surface area contributed by atoms with E-state index in [1.165, 1.54) is 14.2 Å². The van der Waals surface area contributed by atoms with E-state index in [0.717, 1.165) is 21.5 Å². The summed E-state index contributed by atoms with van der Waals surface area (Å²) in [4.78, 5) is 25.6. The van der Waals surface area contributed by atoms with Gasteiger partial charge in [-0.1, -0.05) is 66.7 Å². The van der Waals surface area contributed by atoms with Crippen molar-refractivity contribution in [2.45, 2.75) is 6.16 Å². The quantitative estimate of drug-likeness (QED) is 0.290. The van der Waals surface area contributed by atoms with Crippen LogP contribution in [0.25, 0.3) is 0 Å². The van der Waals surface area contributed by atoms with Crippen LogP contribution in [0.5, 0.6) is 0 Å². The monoisotopic (exact) mass is 469 g/mol. The molecule has 0 aliphatic heterocycles. The van der Waals surface area contributed by atoms with Crippen LogP contribution in [-0.2, 0) is 15.6 Å². The first-order valence-corrected chi connectivity index (χ1v) is 12.9. The fourth-order valence-corrected chi connectivity index (χ4v) is 8.74. The van der Waals surface area contributed by atoms with E-state index in [0.29, 0.717) is 17.3 Å². The number of carbonyl (C=O) groups is 2. The van der Waals surface area contributed by atoms with Crippen LogP contribution >= 0.6 is 7.26 Å². The van der Waals surface area contributed by atoms with Gasteiger partial charge in [-0.2, -0.15) is 0 Å². The first-order chi connectivity index (χ1) is 16.6. The molecular weight excluding hydrogens is 443 g/mol. The lowest BCUT2D eigenvalue weighted by Crippen LogP contribution is -2.36. The van der Waals surface area contributed by atoms with Gasteiger partial charge in [-0.05, 0) is 48.0 Å². The molecule has 0 aliphatic carbocycles. The molecule has 34 heavy (non-hydrogen) atoms. The molecular formula is C29H26O4P+. The maximum absolute atomic E-state index is 13.0. The van der Waals surface area contributed by atoms with Crippen molar-refractivity contribution in [1.82, 2.24) is 0 Å². The average Bonchev–Trinajstić information content (AvgIpc) is 2.92. The highest BCUT2D eigenvalue weighted by Crippen LogP contribution is 2.59. The second-order valence-corrected chi connectivity index (χ2v) is 11.3. The Balaban J connectivity index is 2.13. The van der Waals surface area contributed by atoms with E-state index in [-0.39, 0.29) is 0 Å². The van der Waals surface area contributed by atoms with E-state index in [1.807, 2.05) is 60.7 Å². The van der Waals surface area contributed by atoms with Crippen LogP contribution in [-0.4, -0.2) is 26.2 Å². The largest absolute Gasteiger partial charge is 0.465 e. The van der Waals surface area contributed by atoms with E-state index in [1.54, 1.807) is 12.1 Å². The molecule has 5 heteroatoms. The number of hydrogen-bond acceptors (Lipinski definition) is 4. The molecule has 170 valence electrons. The van der Waals surface area contributed by atoms with Gasteiger partial charge in [0.1, 0.15) is 28.7 Å². The summed E-state index contributed by atoms with van der Waals surface area (Å²) in [5.41, 5.74) is 1.99. The summed E-state index contributed by atoms with van der Waals surface area (Å²) < 4.78 is 10.2. The van der Waals surface area contributed by atoms with Gasteiger partial charge >= 0.3 is 11.9 Å². The van der Waals surface area contributed by atoms with Crippen molar-refractivity contribution in [3.63, 3.8) is 0 Å². The molecule has 0 spiro atoms. The molecule has 0 fully saturated rings. The van der Waals surface area contributed by atoms with E-state index in [2.05, 4.69) is 36.4 Å². The van der Waals surface area contributed by atoms with E-state index in [9.17, 15) is 9.59 Å². The van der Waals surface area contributed by atoms with Crippen molar-refractivity contribution in [1.29, 1.82) is 0 Å². The molecule has 4 aromatic carbocycles. The van der Waals surface area contributed by atoms with Gasteiger partial charge in [0.25, 0.3) is 0 Å². The van der Waals surface area contributed by atoms with Crippen molar-refractivity contribution >= 4 is 35.1 Å². The molecule has 4 aromatic rings. The van der Waals surface area contributed by atoms with Crippen molar-refractivity contribution in [3.8, 4) is 0 Å². The highest BCUT2D eigenvalue weighted by Gasteiger charge is 2.48. The van der Waals surface area contributed by atoms with Gasteiger partial charge in [0.05, 0.1) is 25.9 Å². The van der Waals surface area contributed by atoms with Crippen LogP contribution in [0, 0.1) is 0 Å². The van der Waals surface area contributed by atoms with Gasteiger partial charge in [-0.25, -0.2) is 9.59 Å². The zero-order chi connectivity index (χ0) is 24.0. The zero-order valence-electron chi connectivity index (χ0n) is 19.2. The highest BCUT2D eigenvalue weighted by atomic mass is 31.2. The van der Waals surface area contributed by atoms with Crippen LogP contribution in [0.3, 0.4) is 0 Å². The van der Waals surface area contributed by atoms with Crippen molar-refractivity contribution in [2.75, 3.05) is 14.2 Å². The molecule has 0 amide bonds. The summed E-state index contributed by atoms with van der Waals surface area (Å²) in [5.74, 6) is -0.882. The summed E-state index contributed by atoms with van der Waals surface area (Å²) in [6.45, 7) is 0. The lowest BCUT2D eigenvalue weighted by molar-refractivity contribution is 0.0588. The Morgan fingerprint density at radius 1 is 0.647 bits per heavy atom. The SMILES string of the molecule is COC(=O)c1ccc(C(=O)OC)c([P+](Cc2ccccc2)(c2ccccc2)c2ccccc2)c1. The van der Waals surface area contributed by atoms with E-state index >= 15 is 0 Å². The smallest absolute Gasteiger partial charge is 0.341 e. The minimum Gasteiger partial charge on any atom is -0.465 e. The Hall–Kier alpha value is -3.75. The van der Waals surface area contributed by atoms with Crippen molar-refractivity contribution < 1.29 is 19.1 Å². The summed E-state index contributed by atoms with van der Waals surface area (Å²) in [7, 11) is 0.270. The second kappa shape index (κ2) is 10.5. The fraction of sp³-hybridized carbons (Fsp3) is 0.103. The first-order valence-electron chi connectivity index (χ1n) is 10.9. The third-order valence-corrected chi connectivity index (χ3v) is 10.3. The molecule has 0 N–H and O–H groups in total. The standard InChI is InChI=1S/C29H26O4P/c1-32-28(30)23-18-19-26(29(31)33-2)27(20-23)34(24-14-8-4-9-15-24,25-16-10-5-11-17-25)21-22-12-6-3-7-13-22/h3-20H,21H2,1-2H3/q+1. The van der Waals surface area contributed by atoms with E-state index < -0.39 is 19.2 Å². The van der Waals surface area contributed by atoms with Crippen LogP contribution in [0.15, 0.2) is 109 Å². The Labute approximate surface area is 200 Å². The average molecular weight is 469 g/mol. The first kappa shape index (κ1) is 23.4. The van der Waals surface area contributed by atoms with E-state index in [4.69, 9.17) is 9.47 Å². The predicted octanol–water partition coefficient (Wildman–Crippen LogP) is 4.75. The number of ether oxygens (including phenoxy) is 2. The highest BCUT2D eigenvalue weighted by molar-refractivity contribution is 7.95. The number of methoxy groups -OCH3 is 2. The van der Waals surface area contributed by atoms with Crippen LogP contribution in [0.2, 0.25) is 0 Å². The third kappa shape index (κ3) is 4.50. The molecule has 4 nitrogen and oxygen atoms in total. The minimum absolute atomic E-state index is 0.398. The van der Waals surface area contributed by atoms with Gasteiger partial charge in [-0.15, -0.1) is 0 Å². The number of esters is 2. The minimum atomic E-state index is -2.47. The third-order valence-electron chi connectivity index (χ3n) is 5.89. The lowest BCUT2D eigenvalue weighted by atomic mass is 10.1. The Bertz CT molecular complexity index is 1230. The van der Waals surface area contributed by atoms with Gasteiger partial charge in [0.15, 0.2) is 0 Å². The number of carbonyl (C=O) groups excluding carboxylic acids is 2. The summed E-state index contributed by atoms with van der Waals surface area (Å²) in [6, 6.07) is 35.8. The maximum atomic E-state index is 13.0. The Morgan fingerprint density at radius 3 is 1.65 bits per heavy atom. The molecule has 0 heterocycles. The fourth-order valence-electron chi connectivity index (χ4n) is 4.29. The van der Waals surface area contributed by atoms with Gasteiger partial charge in [0, 0.05) is 0 Å². The Morgan fingerprint density at radius 2 is 1.15 bits per heavy atom. The van der Waals surface area contributed by atoms with Crippen LogP contribution in [0.1, 0.15) is 26.3 Å². The topological polar surface area (TPSA) is 52.6 Å². The van der Waals surface area contributed by atoms with Crippen molar-refractivity contribution in [3.05, 3.63) is 126 Å². The maximum Gasteiger partial charge on any atom is 0.341 e. The summed E-state index contributed by atoms with van der Waals surface area (Å²) in [6.07, 6.45) is 0.677. The van der Waals surface area contributed by atoms with Gasteiger partial charge in [-0.3, -0.25) is 0 Å². The number of rotatable bonds is 7. The molecule has 0 atom stereocenters. The molecule has 0 radical (unpaired) electrons. The lowest BCUT2D eigenvalue weighted by Gasteiger charge is -2.29. The van der Waals surface area contributed by atoms with Gasteiger partial charge in [0.2, 0.25) is 0 Å². The number of hydrogen-bond donors (Lipinski definition) is 0. The molecule has 0 unspecified atom stereocenters.